The molecule has 152 valence electrons. The number of ether oxygens (including phenoxy) is 1. The number of nitrogens with one attached hydrogen (secondary N) is 1. The van der Waals surface area contributed by atoms with Gasteiger partial charge in [-0.15, -0.1) is 11.3 Å². The predicted molar refractivity (Wildman–Crippen MR) is 120 cm³/mol. The van der Waals surface area contributed by atoms with E-state index in [2.05, 4.69) is 10.3 Å². The third-order valence-corrected chi connectivity index (χ3v) is 5.60. The van der Waals surface area contributed by atoms with E-state index in [1.807, 2.05) is 5.38 Å². The molecule has 1 N–H and O–H groups in total. The monoisotopic (exact) mass is 459 g/mol. The van der Waals surface area contributed by atoms with Gasteiger partial charge in [-0.3, -0.25) is 14.2 Å². The Balaban J connectivity index is 1.47. The Morgan fingerprint density at radius 1 is 1.10 bits per heavy atom. The van der Waals surface area contributed by atoms with E-state index < -0.39 is 0 Å². The van der Waals surface area contributed by atoms with Gasteiger partial charge in [-0.25, -0.2) is 4.98 Å². The van der Waals surface area contributed by atoms with E-state index in [-0.39, 0.29) is 24.4 Å². The predicted octanol–water partition coefficient (Wildman–Crippen LogP) is 5.59. The molecule has 0 fully saturated rings. The molecule has 1 amide bonds. The van der Waals surface area contributed by atoms with E-state index in [0.717, 1.165) is 0 Å². The topological polar surface area (TPSA) is 73.2 Å². The maximum Gasteiger partial charge on any atom is 0.262 e. The molecule has 2 aromatic heterocycles. The average Bonchev–Trinajstić information content (AvgIpc) is 3.21. The first-order chi connectivity index (χ1) is 14.5. The van der Waals surface area contributed by atoms with E-state index in [1.165, 1.54) is 22.2 Å². The lowest BCUT2D eigenvalue weighted by Gasteiger charge is -2.13. The summed E-state index contributed by atoms with van der Waals surface area (Å²) < 4.78 is 7.27. The smallest absolute Gasteiger partial charge is 0.262 e. The summed E-state index contributed by atoms with van der Waals surface area (Å²) in [4.78, 5) is 29.9. The Kier molecular flexibility index (Phi) is 6.03. The summed E-state index contributed by atoms with van der Waals surface area (Å²) in [5.41, 5.74) is 0.268. The number of hydrogen-bond donors (Lipinski definition) is 1. The Morgan fingerprint density at radius 2 is 1.87 bits per heavy atom. The van der Waals surface area contributed by atoms with Gasteiger partial charge in [0.2, 0.25) is 5.91 Å². The van der Waals surface area contributed by atoms with Gasteiger partial charge in [0, 0.05) is 23.0 Å². The number of anilines is 1. The number of rotatable bonds is 6. The molecule has 2 aromatic carbocycles. The third-order valence-electron chi connectivity index (χ3n) is 4.29. The van der Waals surface area contributed by atoms with E-state index in [4.69, 9.17) is 27.9 Å². The molecule has 9 heteroatoms. The highest BCUT2D eigenvalue weighted by atomic mass is 35.5. The highest BCUT2D eigenvalue weighted by molar-refractivity contribution is 7.16. The van der Waals surface area contributed by atoms with Gasteiger partial charge in [0.1, 0.15) is 10.6 Å². The highest BCUT2D eigenvalue weighted by Gasteiger charge is 2.12. The van der Waals surface area contributed by atoms with Gasteiger partial charge in [0.25, 0.3) is 5.56 Å². The lowest BCUT2D eigenvalue weighted by molar-refractivity contribution is -0.116. The number of carbonyl (C=O) groups is 1. The Hall–Kier alpha value is -2.87. The van der Waals surface area contributed by atoms with Gasteiger partial charge in [0.15, 0.2) is 5.75 Å². The van der Waals surface area contributed by atoms with E-state index in [9.17, 15) is 9.59 Å². The van der Waals surface area contributed by atoms with Gasteiger partial charge < -0.3 is 10.1 Å². The summed E-state index contributed by atoms with van der Waals surface area (Å²) in [5, 5.41) is 6.22. The van der Waals surface area contributed by atoms with Crippen LogP contribution in [-0.2, 0) is 11.3 Å². The van der Waals surface area contributed by atoms with Crippen LogP contribution in [0.2, 0.25) is 10.0 Å². The Labute approximate surface area is 185 Å². The van der Waals surface area contributed by atoms with Gasteiger partial charge >= 0.3 is 0 Å². The SMILES string of the molecule is O=C(CCn1cnc2sccc2c1=O)Nc1cc(Cl)ccc1Oc1ccc(Cl)cc1. The molecule has 0 radical (unpaired) electrons. The molecule has 0 aliphatic carbocycles. The van der Waals surface area contributed by atoms with Crippen LogP contribution in [0.3, 0.4) is 0 Å². The van der Waals surface area contributed by atoms with Crippen molar-refractivity contribution in [1.29, 1.82) is 0 Å². The van der Waals surface area contributed by atoms with Crippen LogP contribution in [-0.4, -0.2) is 15.5 Å². The van der Waals surface area contributed by atoms with E-state index in [0.29, 0.717) is 37.4 Å². The fourth-order valence-corrected chi connectivity index (χ4v) is 3.83. The van der Waals surface area contributed by atoms with Gasteiger partial charge in [-0.1, -0.05) is 23.2 Å². The molecule has 6 nitrogen and oxygen atoms in total. The third kappa shape index (κ3) is 4.64. The zero-order valence-corrected chi connectivity index (χ0v) is 17.8. The first-order valence-corrected chi connectivity index (χ1v) is 10.6. The Bertz CT molecular complexity index is 1270. The summed E-state index contributed by atoms with van der Waals surface area (Å²) in [5.74, 6) is 0.725. The molecule has 2 heterocycles. The van der Waals surface area contributed by atoms with Crippen molar-refractivity contribution in [3.8, 4) is 11.5 Å². The zero-order chi connectivity index (χ0) is 21.1. The molecule has 0 saturated carbocycles. The number of nitrogens with zero attached hydrogens (tertiary/aromatic N) is 2. The quantitative estimate of drug-likeness (QED) is 0.408. The fraction of sp³-hybridized carbons (Fsp3) is 0.0952. The van der Waals surface area contributed by atoms with Crippen LogP contribution in [0.15, 0.2) is 65.0 Å². The summed E-state index contributed by atoms with van der Waals surface area (Å²) in [7, 11) is 0. The molecule has 0 atom stereocenters. The van der Waals surface area contributed by atoms with Crippen molar-refractivity contribution < 1.29 is 9.53 Å². The van der Waals surface area contributed by atoms with Crippen LogP contribution >= 0.6 is 34.5 Å². The molecule has 0 bridgehead atoms. The van der Waals surface area contributed by atoms with Crippen molar-refractivity contribution in [2.45, 2.75) is 13.0 Å². The number of hydrogen-bond acceptors (Lipinski definition) is 5. The minimum Gasteiger partial charge on any atom is -0.455 e. The van der Waals surface area contributed by atoms with Crippen LogP contribution in [0, 0.1) is 0 Å². The lowest BCUT2D eigenvalue weighted by Crippen LogP contribution is -2.23. The Morgan fingerprint density at radius 3 is 2.67 bits per heavy atom. The first kappa shape index (κ1) is 20.4. The van der Waals surface area contributed by atoms with Crippen molar-refractivity contribution in [2.75, 3.05) is 5.32 Å². The second-order valence-electron chi connectivity index (χ2n) is 6.38. The normalized spacial score (nSPS) is 10.9. The molecule has 0 saturated heterocycles. The van der Waals surface area contributed by atoms with Crippen LogP contribution in [0.5, 0.6) is 11.5 Å². The maximum atomic E-state index is 12.5. The number of aryl methyl sites for hydroxylation is 1. The summed E-state index contributed by atoms with van der Waals surface area (Å²) in [6.45, 7) is 0.206. The van der Waals surface area contributed by atoms with E-state index in [1.54, 1.807) is 48.5 Å². The lowest BCUT2D eigenvalue weighted by atomic mass is 10.2. The number of aromatic nitrogens is 2. The number of amides is 1. The summed E-state index contributed by atoms with van der Waals surface area (Å²) >= 11 is 13.4. The molecule has 0 unspecified atom stereocenters. The number of halogens is 2. The average molecular weight is 460 g/mol. The van der Waals surface area contributed by atoms with Crippen molar-refractivity contribution in [2.24, 2.45) is 0 Å². The molecule has 30 heavy (non-hydrogen) atoms. The van der Waals surface area contributed by atoms with Crippen molar-refractivity contribution in [3.63, 3.8) is 0 Å². The molecular formula is C21H15Cl2N3O3S. The minimum absolute atomic E-state index is 0.0874. The molecule has 4 aromatic rings. The minimum atomic E-state index is -0.282. The molecular weight excluding hydrogens is 445 g/mol. The second kappa shape index (κ2) is 8.87. The van der Waals surface area contributed by atoms with Crippen molar-refractivity contribution in [1.82, 2.24) is 9.55 Å². The zero-order valence-electron chi connectivity index (χ0n) is 15.5. The molecule has 4 rings (SSSR count). The number of thiophene rings is 1. The van der Waals surface area contributed by atoms with Crippen LogP contribution in [0.4, 0.5) is 5.69 Å². The van der Waals surface area contributed by atoms with Gasteiger partial charge in [-0.2, -0.15) is 0 Å². The summed E-state index contributed by atoms with van der Waals surface area (Å²) in [6, 6.07) is 13.6. The van der Waals surface area contributed by atoms with E-state index >= 15 is 0 Å². The van der Waals surface area contributed by atoms with Gasteiger partial charge in [0.05, 0.1) is 17.4 Å². The van der Waals surface area contributed by atoms with Crippen molar-refractivity contribution >= 4 is 56.3 Å². The number of benzene rings is 2. The summed E-state index contributed by atoms with van der Waals surface area (Å²) in [6.07, 6.45) is 1.55. The maximum absolute atomic E-state index is 12.5. The van der Waals surface area contributed by atoms with Crippen LogP contribution in [0.1, 0.15) is 6.42 Å². The highest BCUT2D eigenvalue weighted by Crippen LogP contribution is 2.32. The van der Waals surface area contributed by atoms with Crippen LogP contribution < -0.4 is 15.6 Å². The fourth-order valence-electron chi connectivity index (χ4n) is 2.81. The molecule has 0 spiro atoms. The van der Waals surface area contributed by atoms with Crippen molar-refractivity contribution in [3.05, 3.63) is 80.6 Å². The molecule has 0 aliphatic heterocycles. The number of fused-ring (bicyclic) bond motifs is 1. The van der Waals surface area contributed by atoms with Crippen LogP contribution in [0.25, 0.3) is 10.2 Å². The largest absolute Gasteiger partial charge is 0.455 e. The number of carbonyl (C=O) groups excluding carboxylic acids is 1. The standard InChI is InChI=1S/C21H15Cl2N3O3S/c22-13-1-4-15(5-2-13)29-18-6-3-14(23)11-17(18)25-19(27)7-9-26-12-24-20-16(21(26)28)8-10-30-20/h1-6,8,10-12H,7,9H2,(H,25,27). The second-order valence-corrected chi connectivity index (χ2v) is 8.14. The van der Waals surface area contributed by atoms with Gasteiger partial charge in [-0.05, 0) is 53.9 Å². The molecule has 0 aliphatic rings. The first-order valence-electron chi connectivity index (χ1n) is 8.95.